The maximum atomic E-state index is 12.0. The SMILES string of the molecule is Cc1ccccc1SCC(=O)NC1(CO)CCCC1. The van der Waals surface area contributed by atoms with E-state index in [2.05, 4.69) is 5.32 Å². The zero-order chi connectivity index (χ0) is 13.7. The maximum Gasteiger partial charge on any atom is 0.230 e. The van der Waals surface area contributed by atoms with Crippen molar-refractivity contribution in [2.75, 3.05) is 12.4 Å². The van der Waals surface area contributed by atoms with Gasteiger partial charge in [0.05, 0.1) is 17.9 Å². The van der Waals surface area contributed by atoms with Crippen molar-refractivity contribution in [1.29, 1.82) is 0 Å². The zero-order valence-corrected chi connectivity index (χ0v) is 12.1. The van der Waals surface area contributed by atoms with Crippen LogP contribution >= 0.6 is 11.8 Å². The highest BCUT2D eigenvalue weighted by molar-refractivity contribution is 8.00. The number of hydrogen-bond donors (Lipinski definition) is 2. The molecule has 1 saturated carbocycles. The number of benzene rings is 1. The highest BCUT2D eigenvalue weighted by Gasteiger charge is 2.34. The summed E-state index contributed by atoms with van der Waals surface area (Å²) in [5.74, 6) is 0.427. The van der Waals surface area contributed by atoms with Gasteiger partial charge in [0.1, 0.15) is 0 Å². The number of nitrogens with one attached hydrogen (secondary N) is 1. The minimum atomic E-state index is -0.358. The number of rotatable bonds is 5. The molecule has 1 aromatic rings. The van der Waals surface area contributed by atoms with Crippen LogP contribution in [0.1, 0.15) is 31.2 Å². The van der Waals surface area contributed by atoms with E-state index in [-0.39, 0.29) is 18.1 Å². The lowest BCUT2D eigenvalue weighted by Crippen LogP contribution is -2.49. The summed E-state index contributed by atoms with van der Waals surface area (Å²) < 4.78 is 0. The molecule has 1 aromatic carbocycles. The molecule has 4 heteroatoms. The number of aliphatic hydroxyl groups excluding tert-OH is 1. The third-order valence-corrected chi connectivity index (χ3v) is 4.90. The summed E-state index contributed by atoms with van der Waals surface area (Å²) in [6.07, 6.45) is 3.96. The van der Waals surface area contributed by atoms with Gasteiger partial charge < -0.3 is 10.4 Å². The maximum absolute atomic E-state index is 12.0. The summed E-state index contributed by atoms with van der Waals surface area (Å²) in [7, 11) is 0. The molecule has 0 aliphatic heterocycles. The van der Waals surface area contributed by atoms with Crippen LogP contribution in [0.4, 0.5) is 0 Å². The monoisotopic (exact) mass is 279 g/mol. The number of carbonyl (C=O) groups excluding carboxylic acids is 1. The quantitative estimate of drug-likeness (QED) is 0.814. The standard InChI is InChI=1S/C15H21NO2S/c1-12-6-2-3-7-13(12)19-10-14(18)16-15(11-17)8-4-5-9-15/h2-3,6-7,17H,4-5,8-11H2,1H3,(H,16,18). The molecular formula is C15H21NO2S. The average molecular weight is 279 g/mol. The molecular weight excluding hydrogens is 258 g/mol. The van der Waals surface area contributed by atoms with E-state index >= 15 is 0 Å². The van der Waals surface area contributed by atoms with Gasteiger partial charge in [0.25, 0.3) is 0 Å². The first kappa shape index (κ1) is 14.4. The van der Waals surface area contributed by atoms with Gasteiger partial charge in [0.15, 0.2) is 0 Å². The summed E-state index contributed by atoms with van der Waals surface area (Å²) in [6, 6.07) is 8.06. The van der Waals surface area contributed by atoms with E-state index in [1.54, 1.807) is 11.8 Å². The predicted molar refractivity (Wildman–Crippen MR) is 78.3 cm³/mol. The van der Waals surface area contributed by atoms with Gasteiger partial charge in [-0.05, 0) is 31.4 Å². The molecule has 0 spiro atoms. The number of aryl methyl sites for hydroxylation is 1. The van der Waals surface area contributed by atoms with Gasteiger partial charge in [0, 0.05) is 4.90 Å². The first-order valence-electron chi connectivity index (χ1n) is 6.75. The molecule has 104 valence electrons. The van der Waals surface area contributed by atoms with Crippen LogP contribution in [0.25, 0.3) is 0 Å². The van der Waals surface area contributed by atoms with Crippen molar-refractivity contribution in [2.24, 2.45) is 0 Å². The van der Waals surface area contributed by atoms with E-state index in [4.69, 9.17) is 0 Å². The topological polar surface area (TPSA) is 49.3 Å². The minimum absolute atomic E-state index is 0.0178. The van der Waals surface area contributed by atoms with E-state index < -0.39 is 0 Å². The normalized spacial score (nSPS) is 17.4. The van der Waals surface area contributed by atoms with Crippen LogP contribution in [-0.2, 0) is 4.79 Å². The first-order valence-corrected chi connectivity index (χ1v) is 7.74. The van der Waals surface area contributed by atoms with Crippen LogP contribution in [-0.4, -0.2) is 28.9 Å². The van der Waals surface area contributed by atoms with Gasteiger partial charge in [-0.15, -0.1) is 11.8 Å². The molecule has 0 radical (unpaired) electrons. The van der Waals surface area contributed by atoms with Crippen molar-refractivity contribution in [3.63, 3.8) is 0 Å². The summed E-state index contributed by atoms with van der Waals surface area (Å²) in [5, 5.41) is 12.5. The second-order valence-electron chi connectivity index (χ2n) is 5.25. The highest BCUT2D eigenvalue weighted by Crippen LogP contribution is 2.29. The molecule has 1 aliphatic carbocycles. The second kappa shape index (κ2) is 6.44. The Bertz CT molecular complexity index is 442. The lowest BCUT2D eigenvalue weighted by molar-refractivity contribution is -0.121. The molecule has 0 bridgehead atoms. The van der Waals surface area contributed by atoms with Gasteiger partial charge in [-0.2, -0.15) is 0 Å². The van der Waals surface area contributed by atoms with E-state index in [1.807, 2.05) is 31.2 Å². The molecule has 0 atom stereocenters. The molecule has 2 N–H and O–H groups in total. The lowest BCUT2D eigenvalue weighted by Gasteiger charge is -2.27. The van der Waals surface area contributed by atoms with Crippen molar-refractivity contribution >= 4 is 17.7 Å². The van der Waals surface area contributed by atoms with Crippen molar-refractivity contribution in [2.45, 2.75) is 43.0 Å². The predicted octanol–water partition coefficient (Wildman–Crippen LogP) is 2.51. The summed E-state index contributed by atoms with van der Waals surface area (Å²) in [6.45, 7) is 2.10. The fourth-order valence-electron chi connectivity index (χ4n) is 2.57. The largest absolute Gasteiger partial charge is 0.394 e. The van der Waals surface area contributed by atoms with Gasteiger partial charge >= 0.3 is 0 Å². The van der Waals surface area contributed by atoms with Crippen molar-refractivity contribution in [3.8, 4) is 0 Å². The van der Waals surface area contributed by atoms with Crippen LogP contribution in [0.3, 0.4) is 0 Å². The van der Waals surface area contributed by atoms with Crippen LogP contribution in [0.2, 0.25) is 0 Å². The van der Waals surface area contributed by atoms with E-state index in [9.17, 15) is 9.90 Å². The molecule has 0 unspecified atom stereocenters. The fourth-order valence-corrected chi connectivity index (χ4v) is 3.40. The minimum Gasteiger partial charge on any atom is -0.394 e. The first-order chi connectivity index (χ1) is 9.15. The van der Waals surface area contributed by atoms with Crippen molar-refractivity contribution < 1.29 is 9.90 Å². The number of aliphatic hydroxyl groups is 1. The van der Waals surface area contributed by atoms with Crippen LogP contribution < -0.4 is 5.32 Å². The van der Waals surface area contributed by atoms with Crippen LogP contribution in [0, 0.1) is 6.92 Å². The third kappa shape index (κ3) is 3.74. The summed E-state index contributed by atoms with van der Waals surface area (Å²) in [5.41, 5.74) is 0.835. The number of thioether (sulfide) groups is 1. The molecule has 0 heterocycles. The molecule has 1 fully saturated rings. The van der Waals surface area contributed by atoms with Crippen molar-refractivity contribution in [3.05, 3.63) is 29.8 Å². The molecule has 0 saturated heterocycles. The van der Waals surface area contributed by atoms with E-state index in [0.29, 0.717) is 5.75 Å². The van der Waals surface area contributed by atoms with Gasteiger partial charge in [-0.3, -0.25) is 4.79 Å². The van der Waals surface area contributed by atoms with E-state index in [1.165, 1.54) is 5.56 Å². The average Bonchev–Trinajstić information content (AvgIpc) is 2.87. The summed E-state index contributed by atoms with van der Waals surface area (Å²) >= 11 is 1.55. The smallest absolute Gasteiger partial charge is 0.230 e. The van der Waals surface area contributed by atoms with Crippen LogP contribution in [0.5, 0.6) is 0 Å². The molecule has 1 amide bonds. The van der Waals surface area contributed by atoms with Crippen molar-refractivity contribution in [1.82, 2.24) is 5.32 Å². The van der Waals surface area contributed by atoms with Gasteiger partial charge in [-0.25, -0.2) is 0 Å². The van der Waals surface area contributed by atoms with Gasteiger partial charge in [0.2, 0.25) is 5.91 Å². The Morgan fingerprint density at radius 2 is 2.05 bits per heavy atom. The Morgan fingerprint density at radius 1 is 1.37 bits per heavy atom. The second-order valence-corrected chi connectivity index (χ2v) is 6.27. The molecule has 19 heavy (non-hydrogen) atoms. The Kier molecular flexibility index (Phi) is 4.88. The number of amides is 1. The number of carbonyl (C=O) groups is 1. The molecule has 2 rings (SSSR count). The third-order valence-electron chi connectivity index (χ3n) is 3.72. The lowest BCUT2D eigenvalue weighted by atomic mass is 9.99. The summed E-state index contributed by atoms with van der Waals surface area (Å²) in [4.78, 5) is 13.1. The fraction of sp³-hybridized carbons (Fsp3) is 0.533. The highest BCUT2D eigenvalue weighted by atomic mass is 32.2. The molecule has 3 nitrogen and oxygen atoms in total. The van der Waals surface area contributed by atoms with Crippen LogP contribution in [0.15, 0.2) is 29.2 Å². The molecule has 0 aromatic heterocycles. The van der Waals surface area contributed by atoms with Gasteiger partial charge in [-0.1, -0.05) is 31.0 Å². The Hall–Kier alpha value is -1.00. The number of hydrogen-bond acceptors (Lipinski definition) is 3. The zero-order valence-electron chi connectivity index (χ0n) is 11.3. The molecule has 1 aliphatic rings. The Balaban J connectivity index is 1.86. The van der Waals surface area contributed by atoms with E-state index in [0.717, 1.165) is 30.6 Å². The Labute approximate surface area is 118 Å². The Morgan fingerprint density at radius 3 is 2.68 bits per heavy atom.